The molecule has 3 aromatic rings. The summed E-state index contributed by atoms with van der Waals surface area (Å²) in [6.07, 6.45) is 1.94. The Morgan fingerprint density at radius 2 is 1.61 bits per heavy atom. The number of nitrogens with zero attached hydrogens (tertiary/aromatic N) is 4. The van der Waals surface area contributed by atoms with Crippen molar-refractivity contribution in [2.75, 3.05) is 26.2 Å². The molecule has 0 bridgehead atoms. The molecule has 2 aromatic carbocycles. The molecule has 0 radical (unpaired) electrons. The Hall–Kier alpha value is -3.18. The molecule has 4 rings (SSSR count). The topological polar surface area (TPSA) is 75.5 Å². The lowest BCUT2D eigenvalue weighted by Crippen LogP contribution is -2.50. The molecule has 11 heteroatoms. The fourth-order valence-corrected chi connectivity index (χ4v) is 5.29. The third-order valence-electron chi connectivity index (χ3n) is 5.54. The van der Waals surface area contributed by atoms with E-state index in [1.165, 1.54) is 23.2 Å². The number of rotatable bonds is 5. The maximum Gasteiger partial charge on any atom is 0.257 e. The van der Waals surface area contributed by atoms with Gasteiger partial charge in [0.25, 0.3) is 5.91 Å². The van der Waals surface area contributed by atoms with Crippen molar-refractivity contribution in [2.45, 2.75) is 18.2 Å². The quantitative estimate of drug-likeness (QED) is 0.565. The van der Waals surface area contributed by atoms with Crippen LogP contribution in [0.3, 0.4) is 0 Å². The highest BCUT2D eigenvalue weighted by atomic mass is 32.2. The molecule has 0 saturated carbocycles. The Balaban J connectivity index is 1.50. The van der Waals surface area contributed by atoms with Gasteiger partial charge in [-0.3, -0.25) is 4.79 Å². The first kappa shape index (κ1) is 23.0. The second kappa shape index (κ2) is 8.99. The van der Waals surface area contributed by atoms with Gasteiger partial charge in [0.2, 0.25) is 10.0 Å². The number of amides is 1. The van der Waals surface area contributed by atoms with Crippen molar-refractivity contribution >= 4 is 15.9 Å². The molecule has 1 aliphatic heterocycles. The van der Waals surface area contributed by atoms with E-state index < -0.39 is 26.6 Å². The third-order valence-corrected chi connectivity index (χ3v) is 7.47. The van der Waals surface area contributed by atoms with Gasteiger partial charge in [-0.25, -0.2) is 26.3 Å². The molecular formula is C22H21F3N4O3S. The van der Waals surface area contributed by atoms with Gasteiger partial charge < -0.3 is 4.90 Å². The van der Waals surface area contributed by atoms with Gasteiger partial charge in [0.05, 0.1) is 23.1 Å². The van der Waals surface area contributed by atoms with Crippen LogP contribution in [-0.4, -0.2) is 59.5 Å². The number of benzene rings is 2. The smallest absolute Gasteiger partial charge is 0.257 e. The Labute approximate surface area is 189 Å². The summed E-state index contributed by atoms with van der Waals surface area (Å²) in [5, 5.41) is 4.28. The Morgan fingerprint density at radius 1 is 0.970 bits per heavy atom. The van der Waals surface area contributed by atoms with Crippen LogP contribution < -0.4 is 0 Å². The van der Waals surface area contributed by atoms with Crippen molar-refractivity contribution in [2.24, 2.45) is 0 Å². The second-order valence-corrected chi connectivity index (χ2v) is 9.42. The minimum Gasteiger partial charge on any atom is -0.336 e. The highest BCUT2D eigenvalue weighted by molar-refractivity contribution is 7.89. The van der Waals surface area contributed by atoms with Gasteiger partial charge >= 0.3 is 0 Å². The molecule has 33 heavy (non-hydrogen) atoms. The van der Waals surface area contributed by atoms with E-state index in [0.29, 0.717) is 29.4 Å². The normalized spacial score (nSPS) is 15.1. The SMILES string of the molecule is CCc1c(C(=O)N2CCN(S(=O)(=O)c3ccc(F)cc3F)CC2)cnn1-c1ccc(F)cc1. The number of carbonyl (C=O) groups excluding carboxylic acids is 1. The lowest BCUT2D eigenvalue weighted by molar-refractivity contribution is 0.0696. The lowest BCUT2D eigenvalue weighted by Gasteiger charge is -2.34. The van der Waals surface area contributed by atoms with Gasteiger partial charge in [-0.1, -0.05) is 6.92 Å². The molecule has 0 spiro atoms. The molecule has 1 aromatic heterocycles. The van der Waals surface area contributed by atoms with Gasteiger partial charge in [0, 0.05) is 32.2 Å². The number of piperazine rings is 1. The van der Waals surface area contributed by atoms with E-state index in [1.807, 2.05) is 6.92 Å². The average Bonchev–Trinajstić information content (AvgIpc) is 3.23. The Kier molecular flexibility index (Phi) is 6.26. The summed E-state index contributed by atoms with van der Waals surface area (Å²) in [6, 6.07) is 8.05. The molecule has 174 valence electrons. The van der Waals surface area contributed by atoms with E-state index in [1.54, 1.807) is 16.8 Å². The van der Waals surface area contributed by atoms with Gasteiger partial charge in [0.15, 0.2) is 0 Å². The molecule has 2 heterocycles. The largest absolute Gasteiger partial charge is 0.336 e. The minimum absolute atomic E-state index is 0.0293. The molecule has 0 unspecified atom stereocenters. The predicted octanol–water partition coefficient (Wildman–Crippen LogP) is 3.00. The van der Waals surface area contributed by atoms with E-state index in [2.05, 4.69) is 5.10 Å². The first-order valence-electron chi connectivity index (χ1n) is 10.3. The fraction of sp³-hybridized carbons (Fsp3) is 0.273. The molecule has 0 aliphatic carbocycles. The summed E-state index contributed by atoms with van der Waals surface area (Å²) in [5.74, 6) is -2.71. The fourth-order valence-electron chi connectivity index (χ4n) is 3.82. The van der Waals surface area contributed by atoms with Gasteiger partial charge in [-0.15, -0.1) is 0 Å². The first-order valence-corrected chi connectivity index (χ1v) is 11.7. The molecule has 0 N–H and O–H groups in total. The van der Waals surface area contributed by atoms with Crippen LogP contribution in [0.25, 0.3) is 5.69 Å². The average molecular weight is 478 g/mol. The zero-order valence-corrected chi connectivity index (χ0v) is 18.5. The maximum atomic E-state index is 14.0. The summed E-state index contributed by atoms with van der Waals surface area (Å²) in [7, 11) is -4.16. The molecule has 1 saturated heterocycles. The number of carbonyl (C=O) groups is 1. The van der Waals surface area contributed by atoms with Crippen LogP contribution >= 0.6 is 0 Å². The van der Waals surface area contributed by atoms with Gasteiger partial charge in [-0.05, 0) is 42.8 Å². The van der Waals surface area contributed by atoms with Crippen molar-refractivity contribution in [1.82, 2.24) is 19.0 Å². The van der Waals surface area contributed by atoms with Crippen LogP contribution in [0.15, 0.2) is 53.6 Å². The van der Waals surface area contributed by atoms with Crippen molar-refractivity contribution < 1.29 is 26.4 Å². The maximum absolute atomic E-state index is 14.0. The highest BCUT2D eigenvalue weighted by Crippen LogP contribution is 2.23. The standard InChI is InChI=1S/C22H21F3N4O3S/c1-2-20-18(14-26-29(20)17-6-3-15(23)4-7-17)22(30)27-9-11-28(12-10-27)33(31,32)21-8-5-16(24)13-19(21)25/h3-8,13-14H,2,9-12H2,1H3. The molecular weight excluding hydrogens is 457 g/mol. The summed E-state index contributed by atoms with van der Waals surface area (Å²) < 4.78 is 68.6. The van der Waals surface area contributed by atoms with Crippen molar-refractivity contribution in [3.63, 3.8) is 0 Å². The van der Waals surface area contributed by atoms with Crippen molar-refractivity contribution in [1.29, 1.82) is 0 Å². The number of hydrogen-bond acceptors (Lipinski definition) is 4. The summed E-state index contributed by atoms with van der Waals surface area (Å²) in [4.78, 5) is 14.1. The van der Waals surface area contributed by atoms with Crippen LogP contribution in [-0.2, 0) is 16.4 Å². The number of halogens is 3. The van der Waals surface area contributed by atoms with Crippen LogP contribution in [0.4, 0.5) is 13.2 Å². The Bertz CT molecular complexity index is 1280. The van der Waals surface area contributed by atoms with Gasteiger partial charge in [0.1, 0.15) is 22.3 Å². The molecule has 7 nitrogen and oxygen atoms in total. The third kappa shape index (κ3) is 4.38. The van der Waals surface area contributed by atoms with E-state index in [9.17, 15) is 26.4 Å². The van der Waals surface area contributed by atoms with E-state index in [4.69, 9.17) is 0 Å². The van der Waals surface area contributed by atoms with E-state index >= 15 is 0 Å². The van der Waals surface area contributed by atoms with Crippen molar-refractivity contribution in [3.8, 4) is 5.69 Å². The highest BCUT2D eigenvalue weighted by Gasteiger charge is 2.33. The first-order chi connectivity index (χ1) is 15.7. The van der Waals surface area contributed by atoms with Crippen LogP contribution in [0.1, 0.15) is 23.0 Å². The monoisotopic (exact) mass is 478 g/mol. The second-order valence-electron chi connectivity index (χ2n) is 7.52. The van der Waals surface area contributed by atoms with Crippen LogP contribution in [0.2, 0.25) is 0 Å². The van der Waals surface area contributed by atoms with Crippen molar-refractivity contribution in [3.05, 3.63) is 77.4 Å². The lowest BCUT2D eigenvalue weighted by atomic mass is 10.1. The Morgan fingerprint density at radius 3 is 2.21 bits per heavy atom. The zero-order chi connectivity index (χ0) is 23.8. The summed E-state index contributed by atoms with van der Waals surface area (Å²) in [5.41, 5.74) is 1.64. The summed E-state index contributed by atoms with van der Waals surface area (Å²) in [6.45, 7) is 2.02. The molecule has 1 aliphatic rings. The van der Waals surface area contributed by atoms with Crippen LogP contribution in [0.5, 0.6) is 0 Å². The van der Waals surface area contributed by atoms with E-state index in [-0.39, 0.29) is 37.9 Å². The minimum atomic E-state index is -4.16. The molecule has 0 atom stereocenters. The number of sulfonamides is 1. The van der Waals surface area contributed by atoms with Crippen LogP contribution in [0, 0.1) is 17.5 Å². The molecule has 1 amide bonds. The predicted molar refractivity (Wildman–Crippen MR) is 114 cm³/mol. The zero-order valence-electron chi connectivity index (χ0n) is 17.7. The number of aromatic nitrogens is 2. The van der Waals surface area contributed by atoms with E-state index in [0.717, 1.165) is 16.4 Å². The molecule has 1 fully saturated rings. The number of hydrogen-bond donors (Lipinski definition) is 0. The van der Waals surface area contributed by atoms with Gasteiger partial charge in [-0.2, -0.15) is 9.40 Å². The summed E-state index contributed by atoms with van der Waals surface area (Å²) >= 11 is 0.